The number of benzene rings is 1. The van der Waals surface area contributed by atoms with E-state index < -0.39 is 11.9 Å². The first kappa shape index (κ1) is 23.4. The maximum atomic E-state index is 13.4. The SMILES string of the molecule is CCOC(=O)c1cc(-c2ccccc2)sc1NC(=O)Cn1c(C)nc2sc3c(c2c1=O)CCCC3. The molecule has 0 unspecified atom stereocenters. The normalized spacial score (nSPS) is 13.0. The van der Waals surface area contributed by atoms with E-state index in [1.807, 2.05) is 30.3 Å². The van der Waals surface area contributed by atoms with Crippen molar-refractivity contribution < 1.29 is 14.3 Å². The summed E-state index contributed by atoms with van der Waals surface area (Å²) in [6.07, 6.45) is 4.05. The third-order valence-electron chi connectivity index (χ3n) is 6.11. The lowest BCUT2D eigenvalue weighted by atomic mass is 9.97. The number of fused-ring (bicyclic) bond motifs is 3. The second-order valence-corrected chi connectivity index (χ2v) is 10.6. The Balaban J connectivity index is 1.46. The van der Waals surface area contributed by atoms with Gasteiger partial charge in [0, 0.05) is 9.75 Å². The predicted octanol–water partition coefficient (Wildman–Crippen LogP) is 5.19. The van der Waals surface area contributed by atoms with Gasteiger partial charge < -0.3 is 10.1 Å². The van der Waals surface area contributed by atoms with Crippen LogP contribution in [-0.4, -0.2) is 28.0 Å². The minimum atomic E-state index is -0.498. The highest BCUT2D eigenvalue weighted by Gasteiger charge is 2.23. The van der Waals surface area contributed by atoms with Crippen molar-refractivity contribution in [2.75, 3.05) is 11.9 Å². The Morgan fingerprint density at radius 3 is 2.69 bits per heavy atom. The quantitative estimate of drug-likeness (QED) is 0.363. The van der Waals surface area contributed by atoms with Gasteiger partial charge in [-0.05, 0) is 56.7 Å². The summed E-state index contributed by atoms with van der Waals surface area (Å²) in [5.41, 5.74) is 2.16. The second-order valence-electron chi connectivity index (χ2n) is 8.43. The van der Waals surface area contributed by atoms with Crippen LogP contribution in [0.3, 0.4) is 0 Å². The summed E-state index contributed by atoms with van der Waals surface area (Å²) in [5.74, 6) is -0.395. The topological polar surface area (TPSA) is 90.3 Å². The van der Waals surface area contributed by atoms with Gasteiger partial charge in [0.05, 0.1) is 17.6 Å². The molecule has 0 spiro atoms. The molecule has 1 aromatic carbocycles. The van der Waals surface area contributed by atoms with Gasteiger partial charge in [0.25, 0.3) is 5.56 Å². The molecule has 180 valence electrons. The number of nitrogens with zero attached hydrogens (tertiary/aromatic N) is 2. The van der Waals surface area contributed by atoms with Crippen molar-refractivity contribution in [3.05, 3.63) is 68.6 Å². The minimum absolute atomic E-state index is 0.177. The van der Waals surface area contributed by atoms with E-state index in [0.29, 0.717) is 21.8 Å². The first-order chi connectivity index (χ1) is 17.0. The number of nitrogens with one attached hydrogen (secondary N) is 1. The molecule has 1 amide bonds. The molecule has 0 atom stereocenters. The van der Waals surface area contributed by atoms with Gasteiger partial charge in [-0.15, -0.1) is 22.7 Å². The highest BCUT2D eigenvalue weighted by molar-refractivity contribution is 7.20. The van der Waals surface area contributed by atoms with Crippen LogP contribution in [0.5, 0.6) is 0 Å². The lowest BCUT2D eigenvalue weighted by Gasteiger charge is -2.12. The van der Waals surface area contributed by atoms with Crippen LogP contribution < -0.4 is 10.9 Å². The first-order valence-corrected chi connectivity index (χ1v) is 13.3. The number of rotatable bonds is 6. The van der Waals surface area contributed by atoms with Crippen molar-refractivity contribution >= 4 is 49.8 Å². The van der Waals surface area contributed by atoms with Gasteiger partial charge in [0.1, 0.15) is 22.2 Å². The largest absolute Gasteiger partial charge is 0.462 e. The van der Waals surface area contributed by atoms with Gasteiger partial charge in [0.2, 0.25) is 5.91 Å². The van der Waals surface area contributed by atoms with Gasteiger partial charge in [0.15, 0.2) is 0 Å². The van der Waals surface area contributed by atoms with Gasteiger partial charge in [-0.3, -0.25) is 14.2 Å². The van der Waals surface area contributed by atoms with Crippen LogP contribution in [0.2, 0.25) is 0 Å². The Labute approximate surface area is 210 Å². The van der Waals surface area contributed by atoms with Crippen LogP contribution in [0.1, 0.15) is 46.4 Å². The zero-order valence-electron chi connectivity index (χ0n) is 19.6. The monoisotopic (exact) mass is 507 g/mol. The predicted molar refractivity (Wildman–Crippen MR) is 140 cm³/mol. The number of aromatic nitrogens is 2. The number of esters is 1. The average molecular weight is 508 g/mol. The molecule has 1 aliphatic rings. The molecule has 0 saturated heterocycles. The second kappa shape index (κ2) is 9.75. The first-order valence-electron chi connectivity index (χ1n) is 11.6. The van der Waals surface area contributed by atoms with E-state index in [-0.39, 0.29) is 18.7 Å². The number of hydrogen-bond donors (Lipinski definition) is 1. The van der Waals surface area contributed by atoms with Crippen LogP contribution in [0.4, 0.5) is 5.00 Å². The Kier molecular flexibility index (Phi) is 6.53. The fraction of sp³-hybridized carbons (Fsp3) is 0.308. The summed E-state index contributed by atoms with van der Waals surface area (Å²) in [4.78, 5) is 46.5. The summed E-state index contributed by atoms with van der Waals surface area (Å²) in [6.45, 7) is 3.53. The molecule has 9 heteroatoms. The Hall–Kier alpha value is -3.30. The fourth-order valence-corrected chi connectivity index (χ4v) is 6.79. The van der Waals surface area contributed by atoms with Gasteiger partial charge >= 0.3 is 5.97 Å². The molecule has 0 fully saturated rings. The Morgan fingerprint density at radius 1 is 1.14 bits per heavy atom. The lowest BCUT2D eigenvalue weighted by Crippen LogP contribution is -2.30. The van der Waals surface area contributed by atoms with Gasteiger partial charge in [-0.2, -0.15) is 0 Å². The van der Waals surface area contributed by atoms with Crippen molar-refractivity contribution in [2.24, 2.45) is 0 Å². The van der Waals surface area contributed by atoms with E-state index in [1.54, 1.807) is 31.3 Å². The maximum Gasteiger partial charge on any atom is 0.341 e. The van der Waals surface area contributed by atoms with E-state index in [4.69, 9.17) is 4.74 Å². The molecule has 0 saturated carbocycles. The third-order valence-corrected chi connectivity index (χ3v) is 8.39. The number of aryl methyl sites for hydroxylation is 3. The number of carbonyl (C=O) groups excluding carboxylic acids is 2. The van der Waals surface area contributed by atoms with E-state index >= 15 is 0 Å². The van der Waals surface area contributed by atoms with Crippen LogP contribution >= 0.6 is 22.7 Å². The summed E-state index contributed by atoms with van der Waals surface area (Å²) in [6, 6.07) is 11.4. The number of thiophene rings is 2. The van der Waals surface area contributed by atoms with Crippen molar-refractivity contribution in [2.45, 2.75) is 46.1 Å². The molecule has 7 nitrogen and oxygen atoms in total. The van der Waals surface area contributed by atoms with Gasteiger partial charge in [-0.1, -0.05) is 30.3 Å². The van der Waals surface area contributed by atoms with Crippen LogP contribution in [0.15, 0.2) is 41.2 Å². The Bertz CT molecular complexity index is 1480. The molecule has 4 aromatic rings. The number of carbonyl (C=O) groups is 2. The van der Waals surface area contributed by atoms with E-state index in [1.165, 1.54) is 20.8 Å². The minimum Gasteiger partial charge on any atom is -0.462 e. The highest BCUT2D eigenvalue weighted by atomic mass is 32.1. The summed E-state index contributed by atoms with van der Waals surface area (Å²) >= 11 is 2.90. The van der Waals surface area contributed by atoms with Crippen molar-refractivity contribution in [1.29, 1.82) is 0 Å². The third kappa shape index (κ3) is 4.53. The van der Waals surface area contributed by atoms with Crippen LogP contribution in [0, 0.1) is 6.92 Å². The smallest absolute Gasteiger partial charge is 0.341 e. The summed E-state index contributed by atoms with van der Waals surface area (Å²) in [5, 5.41) is 3.89. The molecule has 3 heterocycles. The lowest BCUT2D eigenvalue weighted by molar-refractivity contribution is -0.116. The van der Waals surface area contributed by atoms with Crippen molar-refractivity contribution in [1.82, 2.24) is 9.55 Å². The van der Waals surface area contributed by atoms with Crippen LogP contribution in [0.25, 0.3) is 20.7 Å². The molecular weight excluding hydrogens is 482 g/mol. The van der Waals surface area contributed by atoms with E-state index in [9.17, 15) is 14.4 Å². The number of amides is 1. The van der Waals surface area contributed by atoms with E-state index in [2.05, 4.69) is 10.3 Å². The van der Waals surface area contributed by atoms with Gasteiger partial charge in [-0.25, -0.2) is 9.78 Å². The summed E-state index contributed by atoms with van der Waals surface area (Å²) in [7, 11) is 0. The summed E-state index contributed by atoms with van der Waals surface area (Å²) < 4.78 is 6.63. The average Bonchev–Trinajstić information content (AvgIpc) is 3.44. The standard InChI is InChI=1S/C26H25N3O4S2/c1-3-33-26(32)18-13-20(16-9-5-4-6-10-16)35-23(18)28-21(30)14-29-15(2)27-24-22(25(29)31)17-11-7-8-12-19(17)34-24/h4-6,9-10,13H,3,7-8,11-12,14H2,1-2H3,(H,28,30). The van der Waals surface area contributed by atoms with Crippen molar-refractivity contribution in [3.8, 4) is 10.4 Å². The molecule has 1 aliphatic carbocycles. The maximum absolute atomic E-state index is 13.4. The number of ether oxygens (including phenoxy) is 1. The number of anilines is 1. The highest BCUT2D eigenvalue weighted by Crippen LogP contribution is 2.36. The molecule has 0 aliphatic heterocycles. The zero-order valence-corrected chi connectivity index (χ0v) is 21.2. The molecular formula is C26H25N3O4S2. The molecule has 3 aromatic heterocycles. The fourth-order valence-electron chi connectivity index (χ4n) is 4.43. The van der Waals surface area contributed by atoms with Crippen LogP contribution in [-0.2, 0) is 28.9 Å². The molecule has 5 rings (SSSR count). The molecule has 0 radical (unpaired) electrons. The molecule has 35 heavy (non-hydrogen) atoms. The molecule has 1 N–H and O–H groups in total. The molecule has 0 bridgehead atoms. The number of hydrogen-bond acceptors (Lipinski definition) is 7. The van der Waals surface area contributed by atoms with E-state index in [0.717, 1.165) is 46.5 Å². The van der Waals surface area contributed by atoms with Crippen molar-refractivity contribution in [3.63, 3.8) is 0 Å². The Morgan fingerprint density at radius 2 is 1.91 bits per heavy atom. The zero-order chi connectivity index (χ0) is 24.5.